The average molecular weight is 250 g/mol. The summed E-state index contributed by atoms with van der Waals surface area (Å²) in [6.45, 7) is 0. The van der Waals surface area contributed by atoms with Gasteiger partial charge in [0.15, 0.2) is 0 Å². The summed E-state index contributed by atoms with van der Waals surface area (Å²) in [6, 6.07) is 6.36. The molecule has 1 N–H and O–H groups in total. The van der Waals surface area contributed by atoms with Gasteiger partial charge in [0.25, 0.3) is 0 Å². The fourth-order valence-corrected chi connectivity index (χ4v) is 2.00. The topological polar surface area (TPSA) is 46.9 Å². The smallest absolute Gasteiger partial charge is 0.239 e. The number of alkyl halides is 1. The van der Waals surface area contributed by atoms with Gasteiger partial charge >= 0.3 is 0 Å². The van der Waals surface area contributed by atoms with E-state index in [1.54, 1.807) is 0 Å². The number of carbonyl (C=O) groups is 1. The molecule has 1 aliphatic rings. The van der Waals surface area contributed by atoms with Crippen LogP contribution in [0.15, 0.2) is 24.4 Å². The van der Waals surface area contributed by atoms with Crippen molar-refractivity contribution in [2.24, 2.45) is 0 Å². The van der Waals surface area contributed by atoms with Gasteiger partial charge in [-0.15, -0.1) is 11.6 Å². The molecule has 2 aromatic rings. The Morgan fingerprint density at radius 2 is 2.35 bits per heavy atom. The molecule has 0 saturated heterocycles. The summed E-state index contributed by atoms with van der Waals surface area (Å²) in [5, 5.41) is 8.15. The lowest BCUT2D eigenvalue weighted by molar-refractivity contribution is -0.113. The van der Waals surface area contributed by atoms with Crippen LogP contribution in [0.3, 0.4) is 0 Å². The number of carbonyl (C=O) groups excluding carboxylic acids is 1. The third kappa shape index (κ3) is 2.00. The minimum Gasteiger partial charge on any atom is -0.325 e. The second-order valence-corrected chi connectivity index (χ2v) is 4.54. The van der Waals surface area contributed by atoms with E-state index in [0.717, 1.165) is 16.6 Å². The summed E-state index contributed by atoms with van der Waals surface area (Å²) in [6.07, 6.45) is 4.26. The number of benzene rings is 1. The molecule has 0 spiro atoms. The van der Waals surface area contributed by atoms with Crippen LogP contribution in [0.4, 0.5) is 5.69 Å². The van der Waals surface area contributed by atoms with E-state index in [-0.39, 0.29) is 11.8 Å². The van der Waals surface area contributed by atoms with E-state index in [9.17, 15) is 4.79 Å². The van der Waals surface area contributed by atoms with Crippen molar-refractivity contribution in [3.05, 3.63) is 24.4 Å². The molecule has 1 aromatic carbocycles. The Labute approximate surface area is 104 Å². The molecule has 1 heterocycles. The van der Waals surface area contributed by atoms with Crippen LogP contribution in [0, 0.1) is 0 Å². The van der Waals surface area contributed by atoms with Crippen LogP contribution in [-0.4, -0.2) is 21.6 Å². The van der Waals surface area contributed by atoms with Crippen LogP contribution in [-0.2, 0) is 4.79 Å². The Kier molecular flexibility index (Phi) is 2.52. The number of hydrogen-bond acceptors (Lipinski definition) is 2. The van der Waals surface area contributed by atoms with E-state index in [4.69, 9.17) is 11.6 Å². The summed E-state index contributed by atoms with van der Waals surface area (Å²) in [5.41, 5.74) is 1.88. The zero-order chi connectivity index (χ0) is 11.8. The number of rotatable bonds is 3. The summed E-state index contributed by atoms with van der Waals surface area (Å²) in [5.74, 6) is -0.222. The highest BCUT2D eigenvalue weighted by atomic mass is 35.5. The highest BCUT2D eigenvalue weighted by molar-refractivity contribution is 6.29. The standard InChI is InChI=1S/C12H12ClN3O/c13-6-12(17)15-9-1-4-11-8(5-9)7-14-16(11)10-2-3-10/h1,4-5,7,10H,2-3,6H2,(H,15,17). The lowest BCUT2D eigenvalue weighted by Crippen LogP contribution is -2.12. The van der Waals surface area contributed by atoms with Crippen LogP contribution in [0.5, 0.6) is 0 Å². The van der Waals surface area contributed by atoms with Crippen molar-refractivity contribution in [3.63, 3.8) is 0 Å². The van der Waals surface area contributed by atoms with Gasteiger partial charge in [-0.05, 0) is 31.0 Å². The fraction of sp³-hybridized carbons (Fsp3) is 0.333. The van der Waals surface area contributed by atoms with Gasteiger partial charge < -0.3 is 5.32 Å². The minimum atomic E-state index is -0.194. The van der Waals surface area contributed by atoms with Crippen LogP contribution < -0.4 is 5.32 Å². The molecule has 0 aliphatic heterocycles. The van der Waals surface area contributed by atoms with Gasteiger partial charge in [-0.3, -0.25) is 9.48 Å². The van der Waals surface area contributed by atoms with E-state index in [2.05, 4.69) is 15.1 Å². The number of nitrogens with zero attached hydrogens (tertiary/aromatic N) is 2. The lowest BCUT2D eigenvalue weighted by Gasteiger charge is -2.04. The third-order valence-corrected chi connectivity index (χ3v) is 3.14. The Bertz CT molecular complexity index is 574. The van der Waals surface area contributed by atoms with Gasteiger partial charge in [-0.1, -0.05) is 0 Å². The van der Waals surface area contributed by atoms with Crippen LogP contribution in [0.25, 0.3) is 10.9 Å². The number of halogens is 1. The predicted octanol–water partition coefficient (Wildman–Crippen LogP) is 2.55. The van der Waals surface area contributed by atoms with Gasteiger partial charge in [0, 0.05) is 11.1 Å². The largest absolute Gasteiger partial charge is 0.325 e. The molecular formula is C12H12ClN3O. The van der Waals surface area contributed by atoms with Gasteiger partial charge in [-0.25, -0.2) is 0 Å². The summed E-state index contributed by atoms with van der Waals surface area (Å²) in [4.78, 5) is 11.2. The maximum Gasteiger partial charge on any atom is 0.239 e. The lowest BCUT2D eigenvalue weighted by atomic mass is 10.2. The van der Waals surface area contributed by atoms with E-state index in [1.807, 2.05) is 24.4 Å². The molecule has 17 heavy (non-hydrogen) atoms. The van der Waals surface area contributed by atoms with Crippen molar-refractivity contribution in [2.45, 2.75) is 18.9 Å². The van der Waals surface area contributed by atoms with Crippen molar-refractivity contribution < 1.29 is 4.79 Å². The number of fused-ring (bicyclic) bond motifs is 1. The molecule has 1 fully saturated rings. The van der Waals surface area contributed by atoms with E-state index in [1.165, 1.54) is 12.8 Å². The molecule has 0 unspecified atom stereocenters. The van der Waals surface area contributed by atoms with Crippen molar-refractivity contribution in [1.82, 2.24) is 9.78 Å². The van der Waals surface area contributed by atoms with Crippen molar-refractivity contribution in [3.8, 4) is 0 Å². The van der Waals surface area contributed by atoms with Gasteiger partial charge in [0.1, 0.15) is 5.88 Å². The van der Waals surface area contributed by atoms with E-state index >= 15 is 0 Å². The number of hydrogen-bond donors (Lipinski definition) is 1. The maximum atomic E-state index is 11.2. The molecule has 5 heteroatoms. The number of amides is 1. The van der Waals surface area contributed by atoms with Crippen LogP contribution in [0.2, 0.25) is 0 Å². The Morgan fingerprint density at radius 3 is 3.06 bits per heavy atom. The van der Waals surface area contributed by atoms with Crippen molar-refractivity contribution >= 4 is 34.1 Å². The zero-order valence-electron chi connectivity index (χ0n) is 9.19. The first-order valence-electron chi connectivity index (χ1n) is 5.61. The fourth-order valence-electron chi connectivity index (χ4n) is 1.94. The Hall–Kier alpha value is -1.55. The first-order chi connectivity index (χ1) is 8.28. The van der Waals surface area contributed by atoms with Gasteiger partial charge in [0.2, 0.25) is 5.91 Å². The van der Waals surface area contributed by atoms with Crippen molar-refractivity contribution in [2.75, 3.05) is 11.2 Å². The summed E-state index contributed by atoms with van der Waals surface area (Å²) >= 11 is 5.45. The predicted molar refractivity (Wildman–Crippen MR) is 67.4 cm³/mol. The minimum absolute atomic E-state index is 0.0284. The molecule has 0 bridgehead atoms. The van der Waals surface area contributed by atoms with Gasteiger partial charge in [-0.2, -0.15) is 5.10 Å². The molecule has 4 nitrogen and oxygen atoms in total. The molecule has 0 radical (unpaired) electrons. The Morgan fingerprint density at radius 1 is 1.53 bits per heavy atom. The SMILES string of the molecule is O=C(CCl)Nc1ccc2c(cnn2C2CC2)c1. The highest BCUT2D eigenvalue weighted by Gasteiger charge is 2.25. The molecule has 0 atom stereocenters. The van der Waals surface area contributed by atoms with Crippen LogP contribution in [0.1, 0.15) is 18.9 Å². The molecule has 1 amide bonds. The van der Waals surface area contributed by atoms with Crippen LogP contribution >= 0.6 is 11.6 Å². The zero-order valence-corrected chi connectivity index (χ0v) is 9.94. The second kappa shape index (κ2) is 4.04. The molecule has 88 valence electrons. The molecule has 1 aliphatic carbocycles. The van der Waals surface area contributed by atoms with Crippen molar-refractivity contribution in [1.29, 1.82) is 0 Å². The number of nitrogens with one attached hydrogen (secondary N) is 1. The second-order valence-electron chi connectivity index (χ2n) is 4.28. The molecular weight excluding hydrogens is 238 g/mol. The molecule has 1 saturated carbocycles. The van der Waals surface area contributed by atoms with E-state index < -0.39 is 0 Å². The molecule has 1 aromatic heterocycles. The quantitative estimate of drug-likeness (QED) is 0.850. The number of aromatic nitrogens is 2. The van der Waals surface area contributed by atoms with E-state index in [0.29, 0.717) is 6.04 Å². The highest BCUT2D eigenvalue weighted by Crippen LogP contribution is 2.36. The average Bonchev–Trinajstić information content (AvgIpc) is 3.09. The Balaban J connectivity index is 1.94. The maximum absolute atomic E-state index is 11.2. The van der Waals surface area contributed by atoms with Gasteiger partial charge in [0.05, 0.1) is 17.8 Å². The first-order valence-corrected chi connectivity index (χ1v) is 6.14. The normalized spacial score (nSPS) is 15.1. The summed E-state index contributed by atoms with van der Waals surface area (Å²) in [7, 11) is 0. The first kappa shape index (κ1) is 10.6. The monoisotopic (exact) mass is 249 g/mol. The third-order valence-electron chi connectivity index (χ3n) is 2.89. The summed E-state index contributed by atoms with van der Waals surface area (Å²) < 4.78 is 2.06. The molecule has 3 rings (SSSR count). The number of anilines is 1.